The molecule has 2 aromatic carbocycles. The molecule has 0 unspecified atom stereocenters. The molecule has 1 N–H and O–H groups in total. The number of nitrogens with one attached hydrogen (secondary N) is 1. The molecule has 0 spiro atoms. The molecule has 42 heavy (non-hydrogen) atoms. The van der Waals surface area contributed by atoms with Gasteiger partial charge in [0, 0.05) is 5.69 Å². The average molecular weight is 578 g/mol. The van der Waals surface area contributed by atoms with Crippen molar-refractivity contribution in [1.82, 2.24) is 0 Å². The lowest BCUT2D eigenvalue weighted by Gasteiger charge is -2.14. The summed E-state index contributed by atoms with van der Waals surface area (Å²) in [6, 6.07) is 12.5. The Bertz CT molecular complexity index is 982. The first-order valence-corrected chi connectivity index (χ1v) is 17.7. The molecule has 0 bridgehead atoms. The van der Waals surface area contributed by atoms with Crippen molar-refractivity contribution in [2.45, 2.75) is 169 Å². The topological polar surface area (TPSA) is 38.3 Å². The Hall–Kier alpha value is -2.29. The Labute approximate surface area is 259 Å². The lowest BCUT2D eigenvalue weighted by Crippen LogP contribution is -2.18. The van der Waals surface area contributed by atoms with Gasteiger partial charge in [-0.05, 0) is 68.4 Å². The van der Waals surface area contributed by atoms with Crippen molar-refractivity contribution in [2.24, 2.45) is 0 Å². The zero-order valence-electron chi connectivity index (χ0n) is 27.8. The summed E-state index contributed by atoms with van der Waals surface area (Å²) in [5.74, 6) is 0.708. The van der Waals surface area contributed by atoms with Crippen LogP contribution in [-0.2, 0) is 12.8 Å². The van der Waals surface area contributed by atoms with E-state index in [2.05, 4.69) is 44.3 Å². The molecular weight excluding hydrogens is 514 g/mol. The summed E-state index contributed by atoms with van der Waals surface area (Å²) in [6.45, 7) is 8.64. The molecule has 0 aromatic heterocycles. The molecule has 0 aliphatic heterocycles. The third kappa shape index (κ3) is 16.4. The SMILES string of the molecule is CCCCCCCCCCCCc1ccc(OC(=O)Nc2ccc(C)cc2C)c(CCCCCCCCCCCC)c1. The minimum Gasteiger partial charge on any atom is -0.410 e. The minimum atomic E-state index is -0.409. The highest BCUT2D eigenvalue weighted by molar-refractivity contribution is 5.87. The summed E-state index contributed by atoms with van der Waals surface area (Å²) in [7, 11) is 0. The van der Waals surface area contributed by atoms with Gasteiger partial charge in [-0.25, -0.2) is 4.79 Å². The van der Waals surface area contributed by atoms with Crippen LogP contribution in [0, 0.1) is 13.8 Å². The van der Waals surface area contributed by atoms with Gasteiger partial charge < -0.3 is 4.74 Å². The number of ether oxygens (including phenoxy) is 1. The Morgan fingerprint density at radius 3 is 1.62 bits per heavy atom. The molecule has 3 heteroatoms. The van der Waals surface area contributed by atoms with E-state index in [9.17, 15) is 4.79 Å². The van der Waals surface area contributed by atoms with Gasteiger partial charge >= 0.3 is 6.09 Å². The molecule has 0 aliphatic rings. The van der Waals surface area contributed by atoms with Crippen LogP contribution in [0.25, 0.3) is 0 Å². The first-order chi connectivity index (χ1) is 20.5. The molecule has 0 saturated heterocycles. The van der Waals surface area contributed by atoms with E-state index in [1.165, 1.54) is 139 Å². The van der Waals surface area contributed by atoms with Gasteiger partial charge in [0.2, 0.25) is 0 Å². The fraction of sp³-hybridized carbons (Fsp3) is 0.667. The highest BCUT2D eigenvalue weighted by Gasteiger charge is 2.12. The molecular formula is C39H63NO2. The maximum atomic E-state index is 12.8. The molecule has 0 atom stereocenters. The normalized spacial score (nSPS) is 11.1. The largest absolute Gasteiger partial charge is 0.417 e. The van der Waals surface area contributed by atoms with Crippen molar-refractivity contribution in [2.75, 3.05) is 5.32 Å². The van der Waals surface area contributed by atoms with Crippen LogP contribution in [0.3, 0.4) is 0 Å². The van der Waals surface area contributed by atoms with E-state index in [4.69, 9.17) is 4.74 Å². The molecule has 236 valence electrons. The second-order valence-corrected chi connectivity index (χ2v) is 12.6. The van der Waals surface area contributed by atoms with Crippen LogP contribution >= 0.6 is 0 Å². The molecule has 1 amide bonds. The van der Waals surface area contributed by atoms with Crippen LogP contribution in [0.5, 0.6) is 5.75 Å². The predicted octanol–water partition coefficient (Wildman–Crippen LogP) is 12.8. The second kappa shape index (κ2) is 23.2. The number of hydrogen-bond donors (Lipinski definition) is 1. The summed E-state index contributed by atoms with van der Waals surface area (Å²) < 4.78 is 5.89. The first kappa shape index (κ1) is 35.9. The fourth-order valence-corrected chi connectivity index (χ4v) is 5.89. The van der Waals surface area contributed by atoms with Crippen LogP contribution in [0.1, 0.15) is 165 Å². The van der Waals surface area contributed by atoms with Crippen molar-refractivity contribution in [3.8, 4) is 5.75 Å². The summed E-state index contributed by atoms with van der Waals surface area (Å²) in [6.07, 6.45) is 28.5. The lowest BCUT2D eigenvalue weighted by atomic mass is 9.99. The standard InChI is InChI=1S/C39H63NO2/c1-5-7-9-11-13-15-17-19-21-23-25-35-28-30-38(42-39(41)40-37-29-27-33(3)31-34(37)4)36(32-35)26-24-22-20-18-16-14-12-10-8-6-2/h27-32H,5-26H2,1-4H3,(H,40,41). The minimum absolute atomic E-state index is 0.409. The first-order valence-electron chi connectivity index (χ1n) is 17.7. The summed E-state index contributed by atoms with van der Waals surface area (Å²) in [4.78, 5) is 12.8. The van der Waals surface area contributed by atoms with Crippen LogP contribution in [0.2, 0.25) is 0 Å². The Morgan fingerprint density at radius 1 is 0.595 bits per heavy atom. The second-order valence-electron chi connectivity index (χ2n) is 12.6. The zero-order chi connectivity index (χ0) is 30.3. The van der Waals surface area contributed by atoms with E-state index >= 15 is 0 Å². The quantitative estimate of drug-likeness (QED) is 0.126. The van der Waals surface area contributed by atoms with Crippen molar-refractivity contribution in [1.29, 1.82) is 0 Å². The summed E-state index contributed by atoms with van der Waals surface area (Å²) in [5, 5.41) is 2.95. The summed E-state index contributed by atoms with van der Waals surface area (Å²) >= 11 is 0. The van der Waals surface area contributed by atoms with Gasteiger partial charge in [0.25, 0.3) is 0 Å². The van der Waals surface area contributed by atoms with Crippen molar-refractivity contribution in [3.05, 3.63) is 58.7 Å². The predicted molar refractivity (Wildman–Crippen MR) is 183 cm³/mol. The number of amides is 1. The van der Waals surface area contributed by atoms with E-state index in [0.29, 0.717) is 5.75 Å². The number of hydrogen-bond acceptors (Lipinski definition) is 2. The third-order valence-corrected chi connectivity index (χ3v) is 8.56. The Kier molecular flexibility index (Phi) is 19.8. The van der Waals surface area contributed by atoms with Crippen molar-refractivity contribution >= 4 is 11.8 Å². The van der Waals surface area contributed by atoms with Crippen LogP contribution in [-0.4, -0.2) is 6.09 Å². The molecule has 0 heterocycles. The molecule has 0 aliphatic carbocycles. The Balaban J connectivity index is 1.83. The van der Waals surface area contributed by atoms with E-state index in [0.717, 1.165) is 30.5 Å². The molecule has 2 aromatic rings. The zero-order valence-corrected chi connectivity index (χ0v) is 27.8. The van der Waals surface area contributed by atoms with Gasteiger partial charge in [0.05, 0.1) is 0 Å². The molecule has 0 radical (unpaired) electrons. The molecule has 2 rings (SSSR count). The number of carbonyl (C=O) groups excluding carboxylic acids is 1. The van der Waals surface area contributed by atoms with E-state index in [-0.39, 0.29) is 0 Å². The smallest absolute Gasteiger partial charge is 0.410 e. The van der Waals surface area contributed by atoms with E-state index in [1.54, 1.807) is 0 Å². The van der Waals surface area contributed by atoms with Crippen molar-refractivity contribution in [3.63, 3.8) is 0 Å². The Morgan fingerprint density at radius 2 is 1.10 bits per heavy atom. The van der Waals surface area contributed by atoms with Gasteiger partial charge in [0.15, 0.2) is 0 Å². The number of unbranched alkanes of at least 4 members (excludes halogenated alkanes) is 18. The average Bonchev–Trinajstić information content (AvgIpc) is 2.97. The lowest BCUT2D eigenvalue weighted by molar-refractivity contribution is 0.214. The van der Waals surface area contributed by atoms with Gasteiger partial charge in [-0.2, -0.15) is 0 Å². The molecule has 0 saturated carbocycles. The van der Waals surface area contributed by atoms with Gasteiger partial charge in [-0.15, -0.1) is 0 Å². The maximum absolute atomic E-state index is 12.8. The summed E-state index contributed by atoms with van der Waals surface area (Å²) in [5.41, 5.74) is 5.58. The van der Waals surface area contributed by atoms with Crippen molar-refractivity contribution < 1.29 is 9.53 Å². The molecule has 3 nitrogen and oxygen atoms in total. The van der Waals surface area contributed by atoms with Crippen LogP contribution < -0.4 is 10.1 Å². The van der Waals surface area contributed by atoms with Gasteiger partial charge in [0.1, 0.15) is 5.75 Å². The highest BCUT2D eigenvalue weighted by Crippen LogP contribution is 2.26. The monoisotopic (exact) mass is 577 g/mol. The van der Waals surface area contributed by atoms with Crippen LogP contribution in [0.15, 0.2) is 36.4 Å². The highest BCUT2D eigenvalue weighted by atomic mass is 16.6. The van der Waals surface area contributed by atoms with Crippen LogP contribution in [0.4, 0.5) is 10.5 Å². The van der Waals surface area contributed by atoms with E-state index < -0.39 is 6.09 Å². The molecule has 0 fully saturated rings. The van der Waals surface area contributed by atoms with Gasteiger partial charge in [-0.1, -0.05) is 159 Å². The third-order valence-electron chi connectivity index (χ3n) is 8.56. The van der Waals surface area contributed by atoms with E-state index in [1.807, 2.05) is 25.1 Å². The fourth-order valence-electron chi connectivity index (χ4n) is 5.89. The number of anilines is 1. The van der Waals surface area contributed by atoms with Gasteiger partial charge in [-0.3, -0.25) is 5.32 Å². The number of benzene rings is 2. The number of carbonyl (C=O) groups is 1. The number of aryl methyl sites for hydroxylation is 4. The number of rotatable bonds is 24. The maximum Gasteiger partial charge on any atom is 0.417 e.